The number of amides is 2. The fourth-order valence-electron chi connectivity index (χ4n) is 7.34. The molecule has 0 saturated heterocycles. The van der Waals surface area contributed by atoms with Gasteiger partial charge >= 0.3 is 0 Å². The molecule has 3 fully saturated rings. The molecule has 0 radical (unpaired) electrons. The molecule has 4 aliphatic rings. The van der Waals surface area contributed by atoms with Crippen molar-refractivity contribution in [1.82, 2.24) is 10.2 Å². The Hall–Kier alpha value is -1.36. The van der Waals surface area contributed by atoms with Gasteiger partial charge < -0.3 is 15.0 Å². The molecule has 150 valence electrons. The standard InChI is InChI=1S/C22H34N2O3/c1-21-11-9-16-14(15(21)6-7-17(21)23-19(25)13-27-4)5-8-18-22(16,2)12-10-20(26)24(18)3/h10,12,14-18H,5-9,11,13H2,1-4H3,(H,23,25)/t14-,15-,16+,17?,18?,21-,22+/m0/s1. The third-order valence-corrected chi connectivity index (χ3v) is 8.74. The van der Waals surface area contributed by atoms with Gasteiger partial charge in [0.05, 0.1) is 0 Å². The van der Waals surface area contributed by atoms with Crippen LogP contribution >= 0.6 is 0 Å². The fourth-order valence-corrected chi connectivity index (χ4v) is 7.34. The van der Waals surface area contributed by atoms with Crippen LogP contribution in [-0.4, -0.2) is 49.6 Å². The maximum atomic E-state index is 12.2. The van der Waals surface area contributed by atoms with Crippen LogP contribution in [-0.2, 0) is 14.3 Å². The highest BCUT2D eigenvalue weighted by Crippen LogP contribution is 2.63. The number of hydrogen-bond donors (Lipinski definition) is 1. The van der Waals surface area contributed by atoms with Gasteiger partial charge in [0.2, 0.25) is 11.8 Å². The lowest BCUT2D eigenvalue weighted by Gasteiger charge is -2.60. The molecule has 3 saturated carbocycles. The number of nitrogens with zero attached hydrogens (tertiary/aromatic N) is 1. The zero-order valence-corrected chi connectivity index (χ0v) is 17.2. The predicted octanol–water partition coefficient (Wildman–Crippen LogP) is 2.76. The second-order valence-corrected chi connectivity index (χ2v) is 9.79. The zero-order chi connectivity index (χ0) is 19.4. The minimum Gasteiger partial charge on any atom is -0.375 e. The Labute approximate surface area is 162 Å². The topological polar surface area (TPSA) is 58.6 Å². The molecule has 2 amide bonds. The molecule has 0 spiro atoms. The molecule has 1 heterocycles. The van der Waals surface area contributed by atoms with Crippen LogP contribution in [0.5, 0.6) is 0 Å². The molecule has 2 unspecified atom stereocenters. The molecule has 1 aliphatic heterocycles. The lowest BCUT2D eigenvalue weighted by Crippen LogP contribution is -2.60. The predicted molar refractivity (Wildman–Crippen MR) is 104 cm³/mol. The Morgan fingerprint density at radius 3 is 2.74 bits per heavy atom. The smallest absolute Gasteiger partial charge is 0.246 e. The van der Waals surface area contributed by atoms with E-state index in [1.807, 2.05) is 11.9 Å². The van der Waals surface area contributed by atoms with Crippen molar-refractivity contribution >= 4 is 11.8 Å². The molecule has 5 heteroatoms. The van der Waals surface area contributed by atoms with Crippen molar-refractivity contribution in [2.45, 2.75) is 64.5 Å². The Kier molecular flexibility index (Phi) is 4.65. The molecule has 4 rings (SSSR count). The van der Waals surface area contributed by atoms with Gasteiger partial charge in [-0.1, -0.05) is 19.9 Å². The normalized spacial score (nSPS) is 45.9. The van der Waals surface area contributed by atoms with Gasteiger partial charge in [-0.3, -0.25) is 9.59 Å². The zero-order valence-electron chi connectivity index (χ0n) is 17.2. The number of rotatable bonds is 3. The molecule has 0 aromatic heterocycles. The summed E-state index contributed by atoms with van der Waals surface area (Å²) in [6.07, 6.45) is 11.0. The lowest BCUT2D eigenvalue weighted by molar-refractivity contribution is -0.138. The van der Waals surface area contributed by atoms with E-state index >= 15 is 0 Å². The van der Waals surface area contributed by atoms with Crippen molar-refractivity contribution in [2.24, 2.45) is 28.6 Å². The van der Waals surface area contributed by atoms with Gasteiger partial charge in [0.15, 0.2) is 0 Å². The van der Waals surface area contributed by atoms with Gasteiger partial charge in [0.1, 0.15) is 6.61 Å². The summed E-state index contributed by atoms with van der Waals surface area (Å²) in [4.78, 5) is 26.3. The Morgan fingerprint density at radius 2 is 2.00 bits per heavy atom. The average molecular weight is 375 g/mol. The van der Waals surface area contributed by atoms with Crippen LogP contribution in [0.2, 0.25) is 0 Å². The number of carbonyl (C=O) groups is 2. The summed E-state index contributed by atoms with van der Waals surface area (Å²) in [7, 11) is 3.54. The van der Waals surface area contributed by atoms with Crippen LogP contribution in [0.4, 0.5) is 0 Å². The van der Waals surface area contributed by atoms with E-state index in [0.29, 0.717) is 23.8 Å². The minimum absolute atomic E-state index is 0.0116. The SMILES string of the molecule is COCC(=O)NC1CC[C@H]2[C@@H]3CCC4N(C)C(=O)C=C[C@]4(C)[C@@H]3CC[C@]12C. The molecule has 3 aliphatic carbocycles. The van der Waals surface area contributed by atoms with E-state index < -0.39 is 0 Å². The van der Waals surface area contributed by atoms with E-state index in [2.05, 4.69) is 25.2 Å². The molecular formula is C22H34N2O3. The first-order chi connectivity index (χ1) is 12.8. The van der Waals surface area contributed by atoms with Gasteiger partial charge in [-0.15, -0.1) is 0 Å². The minimum atomic E-state index is 0.0116. The highest BCUT2D eigenvalue weighted by atomic mass is 16.5. The number of methoxy groups -OCH3 is 1. The summed E-state index contributed by atoms with van der Waals surface area (Å²) in [5, 5.41) is 3.26. The number of hydrogen-bond acceptors (Lipinski definition) is 3. The van der Waals surface area contributed by atoms with Crippen molar-refractivity contribution in [2.75, 3.05) is 20.8 Å². The Bertz CT molecular complexity index is 662. The first-order valence-electron chi connectivity index (χ1n) is 10.6. The number of carbonyl (C=O) groups excluding carboxylic acids is 2. The van der Waals surface area contributed by atoms with E-state index in [9.17, 15) is 9.59 Å². The molecule has 1 N–H and O–H groups in total. The maximum absolute atomic E-state index is 12.2. The molecule has 27 heavy (non-hydrogen) atoms. The van der Waals surface area contributed by atoms with E-state index in [4.69, 9.17) is 4.74 Å². The lowest BCUT2D eigenvalue weighted by atomic mass is 9.48. The van der Waals surface area contributed by atoms with Crippen molar-refractivity contribution in [3.63, 3.8) is 0 Å². The fraction of sp³-hybridized carbons (Fsp3) is 0.818. The summed E-state index contributed by atoms with van der Waals surface area (Å²) in [5.74, 6) is 2.16. The first kappa shape index (κ1) is 19.0. The van der Waals surface area contributed by atoms with Crippen molar-refractivity contribution < 1.29 is 14.3 Å². The molecule has 5 nitrogen and oxygen atoms in total. The van der Waals surface area contributed by atoms with E-state index in [1.54, 1.807) is 13.2 Å². The number of nitrogens with one attached hydrogen (secondary N) is 1. The monoisotopic (exact) mass is 374 g/mol. The molecule has 0 aromatic carbocycles. The maximum Gasteiger partial charge on any atom is 0.246 e. The molecular weight excluding hydrogens is 340 g/mol. The average Bonchev–Trinajstić information content (AvgIpc) is 2.95. The Balaban J connectivity index is 1.57. The van der Waals surface area contributed by atoms with E-state index in [-0.39, 0.29) is 35.3 Å². The number of ether oxygens (including phenoxy) is 1. The summed E-state index contributed by atoms with van der Waals surface area (Å²) >= 11 is 0. The van der Waals surface area contributed by atoms with Crippen LogP contribution in [0, 0.1) is 28.6 Å². The number of likely N-dealkylation sites (N-methyl/N-ethyl adjacent to an activating group) is 1. The molecule has 0 aromatic rings. The highest BCUT2D eigenvalue weighted by Gasteiger charge is 2.60. The van der Waals surface area contributed by atoms with Gasteiger partial charge in [-0.05, 0) is 67.8 Å². The summed E-state index contributed by atoms with van der Waals surface area (Å²) in [6.45, 7) is 4.93. The first-order valence-corrected chi connectivity index (χ1v) is 10.6. The van der Waals surface area contributed by atoms with E-state index in [1.165, 1.54) is 19.3 Å². The van der Waals surface area contributed by atoms with Gasteiger partial charge in [-0.25, -0.2) is 0 Å². The number of fused-ring (bicyclic) bond motifs is 5. The van der Waals surface area contributed by atoms with Crippen molar-refractivity contribution in [1.29, 1.82) is 0 Å². The summed E-state index contributed by atoms with van der Waals surface area (Å²) < 4.78 is 5.01. The second-order valence-electron chi connectivity index (χ2n) is 9.79. The van der Waals surface area contributed by atoms with Crippen LogP contribution in [0.15, 0.2) is 12.2 Å². The third kappa shape index (κ3) is 2.76. The second kappa shape index (κ2) is 6.61. The van der Waals surface area contributed by atoms with E-state index in [0.717, 1.165) is 19.3 Å². The largest absolute Gasteiger partial charge is 0.375 e. The van der Waals surface area contributed by atoms with Gasteiger partial charge in [-0.2, -0.15) is 0 Å². The van der Waals surface area contributed by atoms with Gasteiger partial charge in [0.25, 0.3) is 0 Å². The van der Waals surface area contributed by atoms with Crippen molar-refractivity contribution in [3.8, 4) is 0 Å². The summed E-state index contributed by atoms with van der Waals surface area (Å²) in [5.41, 5.74) is 0.276. The van der Waals surface area contributed by atoms with Crippen LogP contribution in [0.3, 0.4) is 0 Å². The quantitative estimate of drug-likeness (QED) is 0.826. The molecule has 0 bridgehead atoms. The Morgan fingerprint density at radius 1 is 1.22 bits per heavy atom. The third-order valence-electron chi connectivity index (χ3n) is 8.74. The van der Waals surface area contributed by atoms with Crippen LogP contribution < -0.4 is 5.32 Å². The van der Waals surface area contributed by atoms with Crippen molar-refractivity contribution in [3.05, 3.63) is 12.2 Å². The summed E-state index contributed by atoms with van der Waals surface area (Å²) in [6, 6.07) is 0.599. The highest BCUT2D eigenvalue weighted by molar-refractivity contribution is 5.89. The van der Waals surface area contributed by atoms with Crippen LogP contribution in [0.1, 0.15) is 52.4 Å². The molecule has 7 atom stereocenters. The van der Waals surface area contributed by atoms with Crippen LogP contribution in [0.25, 0.3) is 0 Å². The van der Waals surface area contributed by atoms with Gasteiger partial charge in [0, 0.05) is 31.7 Å².